The van der Waals surface area contributed by atoms with E-state index in [0.29, 0.717) is 22.2 Å². The molecule has 0 amide bonds. The fourth-order valence-corrected chi connectivity index (χ4v) is 3.29. The van der Waals surface area contributed by atoms with Gasteiger partial charge in [0.25, 0.3) is 0 Å². The van der Waals surface area contributed by atoms with Crippen LogP contribution in [0.5, 0.6) is 0 Å². The first-order chi connectivity index (χ1) is 21.2. The molecule has 228 valence electrons. The van der Waals surface area contributed by atoms with E-state index in [1.807, 2.05) is 36.4 Å². The zero-order valence-corrected chi connectivity index (χ0v) is 36.3. The monoisotopic (exact) mass is 754 g/mol. The van der Waals surface area contributed by atoms with E-state index in [1.54, 1.807) is 38.1 Å². The molecule has 12 nitrogen and oxygen atoms in total. The summed E-state index contributed by atoms with van der Waals surface area (Å²) in [6, 6.07) is 22.4. The summed E-state index contributed by atoms with van der Waals surface area (Å²) in [5.74, 6) is -1.71. The normalized spacial score (nSPS) is 9.54. The minimum absolute atomic E-state index is 0. The predicted molar refractivity (Wildman–Crippen MR) is 162 cm³/mol. The Labute approximate surface area is 356 Å². The molecule has 0 bridgehead atoms. The van der Waals surface area contributed by atoms with E-state index in [-0.39, 0.29) is 56.4 Å². The van der Waals surface area contributed by atoms with Crippen LogP contribution in [0.2, 0.25) is 5.02 Å². The molecule has 0 radical (unpaired) electrons. The van der Waals surface area contributed by atoms with Gasteiger partial charge >= 0.3 is 141 Å². The Kier molecular flexibility index (Phi) is 29.1. The first-order valence-corrected chi connectivity index (χ1v) is 30.1. The number of halogens is 3. The molecule has 1 atom stereocenters. The molecule has 0 heterocycles. The summed E-state index contributed by atoms with van der Waals surface area (Å²) in [6.45, 7) is 3.31. The molecule has 0 aromatic heterocycles. The van der Waals surface area contributed by atoms with E-state index in [2.05, 4.69) is 4.67 Å². The Morgan fingerprint density at radius 1 is 0.826 bits per heavy atom. The SMILES string of the molecule is Cc1cc([N+](=O)[O-])c(F)cc1-c1ccccc1.Cc1cc([N+](=O)[O-])c(F)cc1Cl.O=[P+]([O-])O[O-].OB(O)c1ccccc1.[K+].[K][K]. The molecule has 2 N–H and O–H groups in total. The maximum absolute atomic E-state index is 13.5. The van der Waals surface area contributed by atoms with E-state index >= 15 is 0 Å². The zero-order valence-electron chi connectivity index (χ0n) is 25.3. The second kappa shape index (κ2) is 27.4. The number of nitro groups is 2. The van der Waals surface area contributed by atoms with Crippen LogP contribution in [0.15, 0.2) is 84.9 Å². The molecule has 4 aromatic rings. The van der Waals surface area contributed by atoms with Gasteiger partial charge < -0.3 is 20.2 Å². The molecule has 0 aliphatic carbocycles. The van der Waals surface area contributed by atoms with Crippen LogP contribution in [0.4, 0.5) is 20.2 Å². The van der Waals surface area contributed by atoms with Gasteiger partial charge in [0, 0.05) is 17.2 Å². The third-order valence-electron chi connectivity index (χ3n) is 5.16. The fourth-order valence-electron chi connectivity index (χ4n) is 3.14. The van der Waals surface area contributed by atoms with Crippen LogP contribution in [0.1, 0.15) is 11.1 Å². The van der Waals surface area contributed by atoms with Crippen LogP contribution in [0, 0.1) is 45.7 Å². The third-order valence-corrected chi connectivity index (χ3v) is 5.69. The molecule has 4 rings (SSSR count). The van der Waals surface area contributed by atoms with E-state index in [9.17, 15) is 29.0 Å². The van der Waals surface area contributed by atoms with Gasteiger partial charge in [-0.3, -0.25) is 20.2 Å². The van der Waals surface area contributed by atoms with Crippen molar-refractivity contribution in [1.29, 1.82) is 0 Å². The minimum atomic E-state index is -3.15. The quantitative estimate of drug-likeness (QED) is 0.0940. The molecular formula is C26H22BClF2K3N2O10P. The van der Waals surface area contributed by atoms with E-state index < -0.39 is 48.2 Å². The van der Waals surface area contributed by atoms with Crippen molar-refractivity contribution in [2.45, 2.75) is 13.8 Å². The van der Waals surface area contributed by atoms with Crippen LogP contribution in [0.3, 0.4) is 0 Å². The average molecular weight is 755 g/mol. The first kappa shape index (κ1) is 48.8. The number of hydrogen-bond acceptors (Lipinski definition) is 10. The Hall–Kier alpha value is 0.704. The maximum atomic E-state index is 13.5. The molecule has 0 aliphatic heterocycles. The summed E-state index contributed by atoms with van der Waals surface area (Å²) in [7, 11) is -4.50. The van der Waals surface area contributed by atoms with Gasteiger partial charge in [-0.2, -0.15) is 8.78 Å². The van der Waals surface area contributed by atoms with Gasteiger partial charge in [0.2, 0.25) is 11.6 Å². The van der Waals surface area contributed by atoms with Gasteiger partial charge in [-0.15, -0.1) is 0 Å². The molecule has 0 fully saturated rings. The number of rotatable bonds is 5. The van der Waals surface area contributed by atoms with E-state index in [0.717, 1.165) is 17.7 Å². The zero-order chi connectivity index (χ0) is 34.7. The van der Waals surface area contributed by atoms with Crippen molar-refractivity contribution in [2.75, 3.05) is 0 Å². The summed E-state index contributed by atoms with van der Waals surface area (Å²) < 4.78 is 37.6. The van der Waals surface area contributed by atoms with Crippen molar-refractivity contribution in [3.8, 4) is 11.1 Å². The van der Waals surface area contributed by atoms with Crippen molar-refractivity contribution < 1.29 is 99.5 Å². The molecule has 4 aromatic carbocycles. The van der Waals surface area contributed by atoms with Crippen LogP contribution >= 0.6 is 19.9 Å². The Balaban J connectivity index is 0. The first-order valence-electron chi connectivity index (χ1n) is 12.6. The summed E-state index contributed by atoms with van der Waals surface area (Å²) >= 11 is 8.03. The molecule has 0 spiro atoms. The van der Waals surface area contributed by atoms with Gasteiger partial charge in [-0.05, 0) is 58.3 Å². The number of nitrogens with zero attached hydrogens (tertiary/aromatic N) is 2. The molecule has 20 heteroatoms. The number of aryl methyl sites for hydroxylation is 2. The molecule has 0 aliphatic rings. The third kappa shape index (κ3) is 19.2. The average Bonchev–Trinajstić information content (AvgIpc) is 3.02. The van der Waals surface area contributed by atoms with E-state index in [1.165, 1.54) is 75.3 Å². The standard InChI is InChI=1S/C13H10FNO2.C7H5ClFNO2.C6H7BO2.3K.HO4P/c1-9-7-13(15(16)17)12(14)8-11(9)10-5-3-2-4-6-10;1-4-2-7(10(11)12)6(9)3-5(4)8;8-7(9)6-4-2-1-3-5-6;;;;1-4-5(2)3/h2-8H,1H3;2-3H,1H3;1-5,8-9H;;;;1H/q;;;;;+1;/p-1. The Bertz CT molecular complexity index is 1550. The fraction of sp³-hybridized carbons (Fsp3) is 0.0769. The Morgan fingerprint density at radius 2 is 1.22 bits per heavy atom. The second-order valence-electron chi connectivity index (χ2n) is 8.13. The summed E-state index contributed by atoms with van der Waals surface area (Å²) in [4.78, 5) is 28.2. The summed E-state index contributed by atoms with van der Waals surface area (Å²) in [5, 5.41) is 46.7. The van der Waals surface area contributed by atoms with Crippen molar-refractivity contribution in [3.05, 3.63) is 133 Å². The Morgan fingerprint density at radius 3 is 1.59 bits per heavy atom. The van der Waals surface area contributed by atoms with Crippen LogP contribution in [-0.2, 0) is 9.24 Å². The van der Waals surface area contributed by atoms with Gasteiger partial charge in [0.05, 0.1) is 9.85 Å². The summed E-state index contributed by atoms with van der Waals surface area (Å²) in [6.07, 6.45) is 0. The van der Waals surface area contributed by atoms with Crippen molar-refractivity contribution in [1.82, 2.24) is 0 Å². The topological polar surface area (TPSA) is 199 Å². The van der Waals surface area contributed by atoms with Gasteiger partial charge in [0.1, 0.15) is 0 Å². The second-order valence-corrected chi connectivity index (χ2v) is 9.14. The molecule has 0 saturated carbocycles. The summed E-state index contributed by atoms with van der Waals surface area (Å²) in [5.41, 5.74) is 2.19. The van der Waals surface area contributed by atoms with Crippen molar-refractivity contribution >= 4 is 107 Å². The molecular weight excluding hydrogens is 733 g/mol. The van der Waals surface area contributed by atoms with Gasteiger partial charge in [-0.25, -0.2) is 4.67 Å². The molecule has 46 heavy (non-hydrogen) atoms. The number of nitro benzene ring substituents is 2. The van der Waals surface area contributed by atoms with Gasteiger partial charge in [-0.1, -0.05) is 72.3 Å². The van der Waals surface area contributed by atoms with Crippen LogP contribution in [0.25, 0.3) is 11.1 Å². The van der Waals surface area contributed by atoms with Crippen molar-refractivity contribution in [3.63, 3.8) is 0 Å². The number of hydrogen-bond donors (Lipinski definition) is 2. The molecule has 1 unspecified atom stereocenters. The van der Waals surface area contributed by atoms with Crippen LogP contribution in [-0.4, -0.2) is 90.2 Å². The molecule has 0 saturated heterocycles. The predicted octanol–water partition coefficient (Wildman–Crippen LogP) is 0.310. The van der Waals surface area contributed by atoms with Crippen molar-refractivity contribution in [2.24, 2.45) is 0 Å². The van der Waals surface area contributed by atoms with E-state index in [4.69, 9.17) is 36.4 Å². The number of benzene rings is 4. The van der Waals surface area contributed by atoms with Gasteiger partial charge in [0.15, 0.2) is 0 Å². The van der Waals surface area contributed by atoms with Crippen LogP contribution < -0.4 is 67.0 Å².